The molecule has 1 aliphatic carbocycles. The van der Waals surface area contributed by atoms with Crippen molar-refractivity contribution in [2.45, 2.75) is 157 Å². The van der Waals surface area contributed by atoms with Crippen molar-refractivity contribution in [3.63, 3.8) is 0 Å². The Bertz CT molecular complexity index is 609. The van der Waals surface area contributed by atoms with Crippen LogP contribution in [0.3, 0.4) is 0 Å². The molecule has 4 nitrogen and oxygen atoms in total. The number of nitrogens with one attached hydrogen (secondary N) is 1. The average Bonchev–Trinajstić information content (AvgIpc) is 2.85. The molecule has 0 aromatic heterocycles. The Morgan fingerprint density at radius 1 is 0.946 bits per heavy atom. The summed E-state index contributed by atoms with van der Waals surface area (Å²) in [6, 6.07) is -0.127. The van der Waals surface area contributed by atoms with Gasteiger partial charge in [0.2, 0.25) is 0 Å². The van der Waals surface area contributed by atoms with Crippen LogP contribution in [-0.2, 0) is 0 Å². The fourth-order valence-corrected chi connectivity index (χ4v) is 7.94. The first-order chi connectivity index (χ1) is 17.5. The number of rotatable bonds is 16. The summed E-state index contributed by atoms with van der Waals surface area (Å²) < 4.78 is 0. The van der Waals surface area contributed by atoms with Gasteiger partial charge in [0, 0.05) is 13.1 Å². The highest BCUT2D eigenvalue weighted by atomic mass is 16.3. The maximum atomic E-state index is 11.6. The third-order valence-electron chi connectivity index (χ3n) is 10.4. The highest BCUT2D eigenvalue weighted by Crippen LogP contribution is 2.43. The zero-order chi connectivity index (χ0) is 27.6. The molecule has 37 heavy (non-hydrogen) atoms. The maximum Gasteiger partial charge on any atom is 0.123 e. The summed E-state index contributed by atoms with van der Waals surface area (Å²) in [4.78, 5) is 2.31. The Balaban J connectivity index is 2.01. The molecule has 1 saturated heterocycles. The zero-order valence-corrected chi connectivity index (χ0v) is 26.1. The van der Waals surface area contributed by atoms with Crippen molar-refractivity contribution in [1.29, 1.82) is 0 Å². The van der Waals surface area contributed by atoms with Crippen LogP contribution >= 0.6 is 0 Å². The van der Waals surface area contributed by atoms with Gasteiger partial charge in [-0.2, -0.15) is 0 Å². The molecule has 1 saturated carbocycles. The topological polar surface area (TPSA) is 55.7 Å². The van der Waals surface area contributed by atoms with Crippen molar-refractivity contribution in [2.75, 3.05) is 13.1 Å². The van der Waals surface area contributed by atoms with Crippen LogP contribution in [0.15, 0.2) is 0 Å². The Hall–Kier alpha value is -0.160. The van der Waals surface area contributed by atoms with Gasteiger partial charge in [-0.15, -0.1) is 0 Å². The normalized spacial score (nSPS) is 29.1. The SMILES string of the molecule is CCCCC(CC)[C@H]1CCN(C(O)[C@H](NC(O)C(CCC)CCC2CCCC[C@H]2C)C(C)C)CC1(C)C. The molecule has 3 N–H and O–H groups in total. The van der Waals surface area contributed by atoms with Gasteiger partial charge in [-0.1, -0.05) is 113 Å². The van der Waals surface area contributed by atoms with Crippen LogP contribution in [0.4, 0.5) is 0 Å². The summed E-state index contributed by atoms with van der Waals surface area (Å²) >= 11 is 0. The smallest absolute Gasteiger partial charge is 0.123 e. The average molecular weight is 523 g/mol. The molecule has 5 unspecified atom stereocenters. The third kappa shape index (κ3) is 9.76. The van der Waals surface area contributed by atoms with Crippen LogP contribution < -0.4 is 5.32 Å². The van der Waals surface area contributed by atoms with Crippen molar-refractivity contribution in [1.82, 2.24) is 10.2 Å². The zero-order valence-electron chi connectivity index (χ0n) is 26.1. The first-order valence-electron chi connectivity index (χ1n) is 16.4. The third-order valence-corrected chi connectivity index (χ3v) is 10.4. The molecule has 8 atom stereocenters. The van der Waals surface area contributed by atoms with Crippen LogP contribution in [0, 0.1) is 40.9 Å². The molecule has 0 amide bonds. The van der Waals surface area contributed by atoms with E-state index in [1.165, 1.54) is 57.8 Å². The molecular weight excluding hydrogens is 456 g/mol. The predicted molar refractivity (Wildman–Crippen MR) is 159 cm³/mol. The highest BCUT2D eigenvalue weighted by molar-refractivity contribution is 4.93. The lowest BCUT2D eigenvalue weighted by Crippen LogP contribution is -2.60. The van der Waals surface area contributed by atoms with E-state index < -0.39 is 12.5 Å². The van der Waals surface area contributed by atoms with Gasteiger partial charge in [-0.3, -0.25) is 10.2 Å². The van der Waals surface area contributed by atoms with E-state index >= 15 is 0 Å². The predicted octanol–water partition coefficient (Wildman–Crippen LogP) is 7.82. The van der Waals surface area contributed by atoms with E-state index in [4.69, 9.17) is 0 Å². The van der Waals surface area contributed by atoms with Crippen LogP contribution in [0.25, 0.3) is 0 Å². The minimum atomic E-state index is -0.564. The van der Waals surface area contributed by atoms with Gasteiger partial charge in [0.15, 0.2) is 0 Å². The fourth-order valence-electron chi connectivity index (χ4n) is 7.94. The molecule has 0 spiro atoms. The summed E-state index contributed by atoms with van der Waals surface area (Å²) in [5.41, 5.74) is 0.190. The summed E-state index contributed by atoms with van der Waals surface area (Å²) in [5, 5.41) is 26.6. The van der Waals surface area contributed by atoms with E-state index in [9.17, 15) is 10.2 Å². The van der Waals surface area contributed by atoms with E-state index in [1.54, 1.807) is 0 Å². The van der Waals surface area contributed by atoms with Gasteiger partial charge in [0.25, 0.3) is 0 Å². The summed E-state index contributed by atoms with van der Waals surface area (Å²) in [6.07, 6.45) is 15.2. The van der Waals surface area contributed by atoms with Gasteiger partial charge in [-0.05, 0) is 66.6 Å². The van der Waals surface area contributed by atoms with Gasteiger partial charge in [0.1, 0.15) is 12.5 Å². The van der Waals surface area contributed by atoms with Crippen molar-refractivity contribution >= 4 is 0 Å². The lowest BCUT2D eigenvalue weighted by molar-refractivity contribution is -0.104. The standard InChI is InChI=1S/C33H66N2O2/c1-9-12-17-26(11-3)29-21-22-35(23-33(29,7)8)32(37)30(24(4)5)34-31(36)28(15-10-2)20-19-27-18-14-13-16-25(27)6/h24-32,34,36-37H,9-23H2,1-8H3/t25-,26?,27?,28?,29-,30-,31?,32?/m1/s1. The second kappa shape index (κ2) is 16.2. The van der Waals surface area contributed by atoms with Gasteiger partial charge < -0.3 is 10.2 Å². The molecule has 4 heteroatoms. The number of aliphatic hydroxyl groups is 2. The number of likely N-dealkylation sites (tertiary alicyclic amines) is 1. The summed E-state index contributed by atoms with van der Waals surface area (Å²) in [6.45, 7) is 20.4. The number of aliphatic hydroxyl groups excluding tert-OH is 2. The largest absolute Gasteiger partial charge is 0.378 e. The second-order valence-corrected chi connectivity index (χ2v) is 14.1. The Morgan fingerprint density at radius 3 is 2.22 bits per heavy atom. The van der Waals surface area contributed by atoms with E-state index in [0.717, 1.165) is 62.4 Å². The van der Waals surface area contributed by atoms with Crippen LogP contribution in [0.5, 0.6) is 0 Å². The van der Waals surface area contributed by atoms with Crippen LogP contribution in [0.2, 0.25) is 0 Å². The van der Waals surface area contributed by atoms with E-state index in [2.05, 4.69) is 65.6 Å². The molecule has 2 rings (SSSR count). The maximum absolute atomic E-state index is 11.6. The number of unbranched alkanes of at least 4 members (excludes halogenated alkanes) is 1. The lowest BCUT2D eigenvalue weighted by atomic mass is 9.65. The minimum Gasteiger partial charge on any atom is -0.378 e. The number of hydrogen-bond acceptors (Lipinski definition) is 4. The van der Waals surface area contributed by atoms with E-state index in [1.807, 2.05) is 0 Å². The Morgan fingerprint density at radius 2 is 1.65 bits per heavy atom. The molecule has 2 fully saturated rings. The summed E-state index contributed by atoms with van der Waals surface area (Å²) in [5.74, 6) is 3.67. The van der Waals surface area contributed by atoms with E-state index in [-0.39, 0.29) is 23.3 Å². The van der Waals surface area contributed by atoms with Gasteiger partial charge in [-0.25, -0.2) is 0 Å². The molecule has 0 bridgehead atoms. The van der Waals surface area contributed by atoms with Crippen LogP contribution in [-0.4, -0.2) is 46.7 Å². The van der Waals surface area contributed by atoms with Gasteiger partial charge >= 0.3 is 0 Å². The van der Waals surface area contributed by atoms with Crippen molar-refractivity contribution < 1.29 is 10.2 Å². The van der Waals surface area contributed by atoms with Crippen molar-refractivity contribution in [2.24, 2.45) is 40.9 Å². The van der Waals surface area contributed by atoms with Crippen molar-refractivity contribution in [3.05, 3.63) is 0 Å². The highest BCUT2D eigenvalue weighted by Gasteiger charge is 2.43. The quantitative estimate of drug-likeness (QED) is 0.181. The number of piperidine rings is 1. The number of nitrogens with zero attached hydrogens (tertiary/aromatic N) is 1. The lowest BCUT2D eigenvalue weighted by Gasteiger charge is -2.50. The number of hydrogen-bond donors (Lipinski definition) is 3. The summed E-state index contributed by atoms with van der Waals surface area (Å²) in [7, 11) is 0. The molecule has 0 aromatic carbocycles. The molecular formula is C33H66N2O2. The Labute approximate surface area is 231 Å². The second-order valence-electron chi connectivity index (χ2n) is 14.1. The van der Waals surface area contributed by atoms with Crippen molar-refractivity contribution in [3.8, 4) is 0 Å². The molecule has 0 radical (unpaired) electrons. The molecule has 2 aliphatic rings. The molecule has 220 valence electrons. The molecule has 0 aromatic rings. The van der Waals surface area contributed by atoms with E-state index in [0.29, 0.717) is 0 Å². The van der Waals surface area contributed by atoms with Gasteiger partial charge in [0.05, 0.1) is 6.04 Å². The monoisotopic (exact) mass is 523 g/mol. The first kappa shape index (κ1) is 33.0. The Kier molecular flexibility index (Phi) is 14.5. The molecule has 1 aliphatic heterocycles. The van der Waals surface area contributed by atoms with Crippen LogP contribution in [0.1, 0.15) is 139 Å². The fraction of sp³-hybridized carbons (Fsp3) is 1.00. The minimum absolute atomic E-state index is 0.127. The first-order valence-corrected chi connectivity index (χ1v) is 16.4. The molecule has 1 heterocycles.